The Morgan fingerprint density at radius 2 is 1.61 bits per heavy atom. The number of hydrogen-bond donors (Lipinski definition) is 0. The van der Waals surface area contributed by atoms with Crippen LogP contribution in [-0.2, 0) is 4.79 Å². The highest BCUT2D eigenvalue weighted by Crippen LogP contribution is 2.36. The molecular weight excluding hydrogens is 404 g/mol. The molecule has 1 saturated carbocycles. The van der Waals surface area contributed by atoms with Gasteiger partial charge in [-0.1, -0.05) is 37.0 Å². The number of aromatic nitrogens is 1. The van der Waals surface area contributed by atoms with Gasteiger partial charge in [0, 0.05) is 17.9 Å². The first kappa shape index (κ1) is 21.9. The Bertz CT molecular complexity index is 1050. The Morgan fingerprint density at radius 3 is 2.26 bits per heavy atom. The van der Waals surface area contributed by atoms with Gasteiger partial charge in [0.25, 0.3) is 11.1 Å². The summed E-state index contributed by atoms with van der Waals surface area (Å²) in [6, 6.07) is 6.53. The molecule has 2 heterocycles. The molecule has 0 spiro atoms. The minimum absolute atomic E-state index is 0.124. The van der Waals surface area contributed by atoms with Crippen molar-refractivity contribution in [1.29, 1.82) is 0 Å². The molecule has 31 heavy (non-hydrogen) atoms. The molecule has 1 aromatic carbocycles. The van der Waals surface area contributed by atoms with E-state index in [0.717, 1.165) is 41.6 Å². The predicted molar refractivity (Wildman–Crippen MR) is 129 cm³/mol. The molecule has 4 rings (SSSR count). The van der Waals surface area contributed by atoms with Gasteiger partial charge in [-0.25, -0.2) is 0 Å². The fourth-order valence-electron chi connectivity index (χ4n) is 5.23. The van der Waals surface area contributed by atoms with Crippen molar-refractivity contribution in [3.05, 3.63) is 56.7 Å². The molecule has 1 aliphatic carbocycles. The molecule has 2 amide bonds. The lowest BCUT2D eigenvalue weighted by Gasteiger charge is -2.25. The largest absolute Gasteiger partial charge is 0.317 e. The van der Waals surface area contributed by atoms with Crippen molar-refractivity contribution in [2.75, 3.05) is 6.54 Å². The van der Waals surface area contributed by atoms with Crippen LogP contribution < -0.4 is 0 Å². The Morgan fingerprint density at radius 1 is 0.968 bits per heavy atom. The summed E-state index contributed by atoms with van der Waals surface area (Å²) in [6.07, 6.45) is 7.84. The average Bonchev–Trinajstić information content (AvgIpc) is 3.13. The number of nitrogens with zero attached hydrogens (tertiary/aromatic N) is 2. The number of amides is 2. The van der Waals surface area contributed by atoms with E-state index in [9.17, 15) is 9.59 Å². The van der Waals surface area contributed by atoms with E-state index in [1.165, 1.54) is 46.5 Å². The van der Waals surface area contributed by atoms with E-state index >= 15 is 0 Å². The van der Waals surface area contributed by atoms with Crippen LogP contribution in [0.5, 0.6) is 0 Å². The summed E-state index contributed by atoms with van der Waals surface area (Å²) in [4.78, 5) is 27.6. The summed E-state index contributed by atoms with van der Waals surface area (Å²) in [5, 5.41) is -0.124. The molecule has 1 aromatic heterocycles. The number of carbonyl (C=O) groups is 2. The monoisotopic (exact) mass is 436 g/mol. The van der Waals surface area contributed by atoms with Gasteiger partial charge >= 0.3 is 0 Å². The second-order valence-corrected chi connectivity index (χ2v) is 10.2. The summed E-state index contributed by atoms with van der Waals surface area (Å²) >= 11 is 1.08. The molecule has 1 saturated heterocycles. The first-order valence-electron chi connectivity index (χ1n) is 11.3. The third-order valence-corrected chi connectivity index (χ3v) is 7.56. The van der Waals surface area contributed by atoms with Crippen LogP contribution in [0.1, 0.15) is 65.7 Å². The number of benzene rings is 1. The van der Waals surface area contributed by atoms with Gasteiger partial charge in [-0.2, -0.15) is 0 Å². The van der Waals surface area contributed by atoms with Crippen LogP contribution in [-0.4, -0.2) is 27.2 Å². The molecule has 2 aliphatic rings. The molecule has 0 unspecified atom stereocenters. The summed E-state index contributed by atoms with van der Waals surface area (Å²) in [6.45, 7) is 11.2. The number of carbonyl (C=O) groups excluding carboxylic acids is 2. The van der Waals surface area contributed by atoms with Gasteiger partial charge in [-0.3, -0.25) is 14.5 Å². The highest BCUT2D eigenvalue weighted by atomic mass is 32.2. The van der Waals surface area contributed by atoms with Crippen molar-refractivity contribution >= 4 is 29.0 Å². The molecule has 4 nitrogen and oxygen atoms in total. The fourth-order valence-corrected chi connectivity index (χ4v) is 6.07. The predicted octanol–water partition coefficient (Wildman–Crippen LogP) is 6.64. The molecular formula is C26H32N2O2S. The van der Waals surface area contributed by atoms with E-state index in [2.05, 4.69) is 57.4 Å². The van der Waals surface area contributed by atoms with Crippen LogP contribution in [0.25, 0.3) is 11.8 Å². The van der Waals surface area contributed by atoms with Crippen LogP contribution in [0, 0.1) is 40.5 Å². The number of imide groups is 1. The molecule has 0 bridgehead atoms. The summed E-state index contributed by atoms with van der Waals surface area (Å²) in [5.74, 6) is 0.326. The van der Waals surface area contributed by atoms with Crippen molar-refractivity contribution in [2.24, 2.45) is 5.92 Å². The third-order valence-electron chi connectivity index (χ3n) is 6.65. The maximum absolute atomic E-state index is 13.0. The smallest absolute Gasteiger partial charge is 0.293 e. The maximum atomic E-state index is 13.0. The van der Waals surface area contributed by atoms with E-state index in [0.29, 0.717) is 17.4 Å². The van der Waals surface area contributed by atoms with Crippen LogP contribution >= 0.6 is 11.8 Å². The molecule has 0 N–H and O–H groups in total. The van der Waals surface area contributed by atoms with Gasteiger partial charge in [0.05, 0.1) is 10.6 Å². The van der Waals surface area contributed by atoms with Gasteiger partial charge in [0.1, 0.15) is 0 Å². The zero-order chi connectivity index (χ0) is 22.3. The highest BCUT2D eigenvalue weighted by Gasteiger charge is 2.36. The molecule has 0 atom stereocenters. The zero-order valence-electron chi connectivity index (χ0n) is 19.2. The van der Waals surface area contributed by atoms with Gasteiger partial charge in [0.15, 0.2) is 0 Å². The molecule has 2 aromatic rings. The quantitative estimate of drug-likeness (QED) is 0.505. The van der Waals surface area contributed by atoms with E-state index in [1.807, 2.05) is 6.08 Å². The Hall–Kier alpha value is -2.27. The standard InChI is InChI=1S/C26H32N2O2S/c1-16-11-17(2)24(18(3)12-16)28-19(4)13-22(20(28)5)14-23-25(29)27(26(30)31-23)15-21-9-7-6-8-10-21/h11-14,21H,6-10,15H2,1-5H3/b23-14+. The highest BCUT2D eigenvalue weighted by molar-refractivity contribution is 8.18. The Labute approximate surface area is 189 Å². The summed E-state index contributed by atoms with van der Waals surface area (Å²) in [7, 11) is 0. The van der Waals surface area contributed by atoms with Crippen molar-refractivity contribution in [3.8, 4) is 5.69 Å². The normalized spacial score (nSPS) is 19.1. The van der Waals surface area contributed by atoms with Gasteiger partial charge in [-0.15, -0.1) is 0 Å². The fraction of sp³-hybridized carbons (Fsp3) is 0.462. The zero-order valence-corrected chi connectivity index (χ0v) is 20.1. The minimum Gasteiger partial charge on any atom is -0.317 e. The molecule has 164 valence electrons. The van der Waals surface area contributed by atoms with Gasteiger partial charge < -0.3 is 4.57 Å². The Balaban J connectivity index is 1.63. The lowest BCUT2D eigenvalue weighted by Crippen LogP contribution is -2.34. The van der Waals surface area contributed by atoms with E-state index < -0.39 is 0 Å². The summed E-state index contributed by atoms with van der Waals surface area (Å²) in [5.41, 5.74) is 8.14. The lowest BCUT2D eigenvalue weighted by molar-refractivity contribution is -0.123. The number of rotatable bonds is 4. The van der Waals surface area contributed by atoms with Gasteiger partial charge in [-0.05, 0) is 94.0 Å². The average molecular weight is 437 g/mol. The van der Waals surface area contributed by atoms with Crippen LogP contribution in [0.4, 0.5) is 4.79 Å². The van der Waals surface area contributed by atoms with Crippen molar-refractivity contribution in [2.45, 2.75) is 66.7 Å². The maximum Gasteiger partial charge on any atom is 0.293 e. The van der Waals surface area contributed by atoms with E-state index in [-0.39, 0.29) is 11.1 Å². The van der Waals surface area contributed by atoms with E-state index in [1.54, 1.807) is 0 Å². The lowest BCUT2D eigenvalue weighted by atomic mass is 9.89. The second-order valence-electron chi connectivity index (χ2n) is 9.21. The molecule has 2 fully saturated rings. The summed E-state index contributed by atoms with van der Waals surface area (Å²) < 4.78 is 2.27. The minimum atomic E-state index is -0.131. The van der Waals surface area contributed by atoms with E-state index in [4.69, 9.17) is 0 Å². The number of aryl methyl sites for hydroxylation is 4. The topological polar surface area (TPSA) is 42.3 Å². The molecule has 5 heteroatoms. The third kappa shape index (κ3) is 4.25. The first-order valence-corrected chi connectivity index (χ1v) is 12.1. The van der Waals surface area contributed by atoms with Crippen LogP contribution in [0.3, 0.4) is 0 Å². The number of thioether (sulfide) groups is 1. The second kappa shape index (κ2) is 8.70. The SMILES string of the molecule is Cc1cc(C)c(-n2c(C)cc(/C=C3/SC(=O)N(CC4CCCCC4)C3=O)c2C)c(C)c1. The van der Waals surface area contributed by atoms with Crippen LogP contribution in [0.15, 0.2) is 23.1 Å². The van der Waals surface area contributed by atoms with Crippen molar-refractivity contribution in [3.63, 3.8) is 0 Å². The Kier molecular flexibility index (Phi) is 6.16. The van der Waals surface area contributed by atoms with Crippen molar-refractivity contribution < 1.29 is 9.59 Å². The van der Waals surface area contributed by atoms with Crippen molar-refractivity contribution in [1.82, 2.24) is 9.47 Å². The molecule has 1 aliphatic heterocycles. The van der Waals surface area contributed by atoms with Gasteiger partial charge in [0.2, 0.25) is 0 Å². The molecule has 0 radical (unpaired) electrons. The number of hydrogen-bond acceptors (Lipinski definition) is 3. The van der Waals surface area contributed by atoms with Crippen LogP contribution in [0.2, 0.25) is 0 Å². The first-order chi connectivity index (χ1) is 14.8.